The Kier molecular flexibility index (Phi) is 4.79. The third kappa shape index (κ3) is 4.47. The molecule has 8 heteroatoms. The lowest BCUT2D eigenvalue weighted by molar-refractivity contribution is 0.262. The van der Waals surface area contributed by atoms with Crippen LogP contribution in [0, 0.1) is 11.6 Å². The van der Waals surface area contributed by atoms with Gasteiger partial charge in [-0.3, -0.25) is 0 Å². The highest BCUT2D eigenvalue weighted by molar-refractivity contribution is 5.99. The van der Waals surface area contributed by atoms with E-state index in [1.165, 1.54) is 18.5 Å². The summed E-state index contributed by atoms with van der Waals surface area (Å²) >= 11 is 0. The number of halogens is 2. The fraction of sp³-hybridized carbons (Fsp3) is 0. The van der Waals surface area contributed by atoms with Crippen LogP contribution < -0.4 is 15.4 Å². The number of hydrogen-bond donors (Lipinski definition) is 2. The molecule has 1 heterocycles. The van der Waals surface area contributed by atoms with E-state index in [4.69, 9.17) is 4.74 Å². The van der Waals surface area contributed by atoms with Gasteiger partial charge < -0.3 is 15.4 Å². The van der Waals surface area contributed by atoms with E-state index in [-0.39, 0.29) is 11.7 Å². The van der Waals surface area contributed by atoms with E-state index in [2.05, 4.69) is 20.6 Å². The zero-order valence-electron chi connectivity index (χ0n) is 12.7. The smallest absolute Gasteiger partial charge is 0.323 e. The second-order valence-corrected chi connectivity index (χ2v) is 4.88. The molecule has 0 aliphatic heterocycles. The molecule has 0 aliphatic rings. The summed E-state index contributed by atoms with van der Waals surface area (Å²) in [5.74, 6) is -1.46. The number of anilines is 2. The SMILES string of the molecule is O=C(Nc1cnc(Oc2ccccc2)nc1)Nc1ccc(F)c(F)c1. The lowest BCUT2D eigenvalue weighted by atomic mass is 10.3. The third-order valence-corrected chi connectivity index (χ3v) is 3.02. The topological polar surface area (TPSA) is 76.1 Å². The fourth-order valence-corrected chi connectivity index (χ4v) is 1.89. The van der Waals surface area contributed by atoms with Crippen LogP contribution in [0.25, 0.3) is 0 Å². The van der Waals surface area contributed by atoms with Crippen molar-refractivity contribution in [2.75, 3.05) is 10.6 Å². The summed E-state index contributed by atoms with van der Waals surface area (Å²) in [7, 11) is 0. The Labute approximate surface area is 141 Å². The molecule has 1 aromatic heterocycles. The van der Waals surface area contributed by atoms with Crippen molar-refractivity contribution in [2.24, 2.45) is 0 Å². The highest BCUT2D eigenvalue weighted by atomic mass is 19.2. The Morgan fingerprint density at radius 2 is 1.56 bits per heavy atom. The van der Waals surface area contributed by atoms with Crippen LogP contribution in [0.15, 0.2) is 60.9 Å². The number of nitrogens with one attached hydrogen (secondary N) is 2. The maximum atomic E-state index is 13.1. The number of amides is 2. The molecule has 6 nitrogen and oxygen atoms in total. The van der Waals surface area contributed by atoms with E-state index in [9.17, 15) is 13.6 Å². The molecule has 25 heavy (non-hydrogen) atoms. The van der Waals surface area contributed by atoms with Crippen LogP contribution in [-0.2, 0) is 0 Å². The first-order valence-corrected chi connectivity index (χ1v) is 7.18. The first-order chi connectivity index (χ1) is 12.1. The summed E-state index contributed by atoms with van der Waals surface area (Å²) in [6.45, 7) is 0. The number of carbonyl (C=O) groups is 1. The van der Waals surface area contributed by atoms with Crippen LogP contribution in [0.3, 0.4) is 0 Å². The molecule has 0 bridgehead atoms. The van der Waals surface area contributed by atoms with Gasteiger partial charge in [-0.15, -0.1) is 0 Å². The number of benzene rings is 2. The van der Waals surface area contributed by atoms with E-state index >= 15 is 0 Å². The van der Waals surface area contributed by atoms with Crippen molar-refractivity contribution in [3.8, 4) is 11.8 Å². The van der Waals surface area contributed by atoms with Crippen molar-refractivity contribution in [1.82, 2.24) is 9.97 Å². The molecule has 0 radical (unpaired) electrons. The van der Waals surface area contributed by atoms with Crippen molar-refractivity contribution in [3.05, 3.63) is 72.6 Å². The van der Waals surface area contributed by atoms with E-state index in [1.807, 2.05) is 18.2 Å². The van der Waals surface area contributed by atoms with Gasteiger partial charge in [-0.05, 0) is 24.3 Å². The summed E-state index contributed by atoms with van der Waals surface area (Å²) in [5, 5.41) is 4.84. The van der Waals surface area contributed by atoms with Gasteiger partial charge in [0.2, 0.25) is 0 Å². The number of urea groups is 1. The molecule has 0 unspecified atom stereocenters. The summed E-state index contributed by atoms with van der Waals surface area (Å²) in [6.07, 6.45) is 2.71. The second kappa shape index (κ2) is 7.35. The number of aromatic nitrogens is 2. The molecule has 0 spiro atoms. The van der Waals surface area contributed by atoms with Gasteiger partial charge in [0.05, 0.1) is 18.1 Å². The van der Waals surface area contributed by atoms with Crippen molar-refractivity contribution in [1.29, 1.82) is 0 Å². The fourth-order valence-electron chi connectivity index (χ4n) is 1.89. The minimum absolute atomic E-state index is 0.112. The molecule has 2 amide bonds. The van der Waals surface area contributed by atoms with Crippen LogP contribution in [0.4, 0.5) is 25.0 Å². The van der Waals surface area contributed by atoms with Gasteiger partial charge in [0.1, 0.15) is 5.75 Å². The predicted molar refractivity (Wildman–Crippen MR) is 87.5 cm³/mol. The van der Waals surface area contributed by atoms with Gasteiger partial charge in [0, 0.05) is 11.8 Å². The van der Waals surface area contributed by atoms with Crippen molar-refractivity contribution >= 4 is 17.4 Å². The van der Waals surface area contributed by atoms with Crippen molar-refractivity contribution < 1.29 is 18.3 Å². The van der Waals surface area contributed by atoms with Crippen LogP contribution in [0.5, 0.6) is 11.8 Å². The van der Waals surface area contributed by atoms with E-state index < -0.39 is 17.7 Å². The quantitative estimate of drug-likeness (QED) is 0.745. The summed E-state index contributed by atoms with van der Waals surface area (Å²) < 4.78 is 31.4. The number of carbonyl (C=O) groups excluding carboxylic acids is 1. The minimum Gasteiger partial charge on any atom is -0.424 e. The zero-order valence-corrected chi connectivity index (χ0v) is 12.7. The van der Waals surface area contributed by atoms with Gasteiger partial charge in [0.25, 0.3) is 0 Å². The Balaban J connectivity index is 1.59. The molecule has 2 aromatic carbocycles. The minimum atomic E-state index is -1.05. The molecule has 2 N–H and O–H groups in total. The van der Waals surface area contributed by atoms with Crippen LogP contribution in [-0.4, -0.2) is 16.0 Å². The number of ether oxygens (including phenoxy) is 1. The van der Waals surface area contributed by atoms with E-state index in [0.717, 1.165) is 12.1 Å². The van der Waals surface area contributed by atoms with Gasteiger partial charge in [0.15, 0.2) is 11.6 Å². The molecular weight excluding hydrogens is 330 g/mol. The highest BCUT2D eigenvalue weighted by Crippen LogP contribution is 2.17. The van der Waals surface area contributed by atoms with Gasteiger partial charge in [-0.1, -0.05) is 18.2 Å². The molecule has 0 aliphatic carbocycles. The average Bonchev–Trinajstić information content (AvgIpc) is 2.61. The molecule has 3 rings (SSSR count). The first-order valence-electron chi connectivity index (χ1n) is 7.18. The summed E-state index contributed by atoms with van der Waals surface area (Å²) in [4.78, 5) is 19.8. The standard InChI is InChI=1S/C17H12F2N4O2/c18-14-7-6-11(8-15(14)19)22-16(24)23-12-9-20-17(21-10-12)25-13-4-2-1-3-5-13/h1-10H,(H2,22,23,24). The molecule has 3 aromatic rings. The number of nitrogens with zero attached hydrogens (tertiary/aromatic N) is 2. The number of hydrogen-bond acceptors (Lipinski definition) is 4. The van der Waals surface area contributed by atoms with Gasteiger partial charge in [-0.25, -0.2) is 23.5 Å². The summed E-state index contributed by atoms with van der Waals surface area (Å²) in [6, 6.07) is 11.5. The molecule has 126 valence electrons. The number of para-hydroxylation sites is 1. The van der Waals surface area contributed by atoms with Gasteiger partial charge in [-0.2, -0.15) is 0 Å². The Hall–Kier alpha value is -3.55. The first kappa shape index (κ1) is 16.3. The Morgan fingerprint density at radius 1 is 0.880 bits per heavy atom. The molecule has 0 fully saturated rings. The average molecular weight is 342 g/mol. The van der Waals surface area contributed by atoms with Crippen molar-refractivity contribution in [2.45, 2.75) is 0 Å². The highest BCUT2D eigenvalue weighted by Gasteiger charge is 2.07. The van der Waals surface area contributed by atoms with Crippen molar-refractivity contribution in [3.63, 3.8) is 0 Å². The van der Waals surface area contributed by atoms with E-state index in [1.54, 1.807) is 12.1 Å². The molecule has 0 atom stereocenters. The van der Waals surface area contributed by atoms with E-state index in [0.29, 0.717) is 11.4 Å². The maximum absolute atomic E-state index is 13.1. The maximum Gasteiger partial charge on any atom is 0.323 e. The number of rotatable bonds is 4. The largest absolute Gasteiger partial charge is 0.424 e. The molecule has 0 saturated carbocycles. The molecule has 0 saturated heterocycles. The normalized spacial score (nSPS) is 10.2. The third-order valence-electron chi connectivity index (χ3n) is 3.02. The summed E-state index contributed by atoms with van der Waals surface area (Å²) in [5.41, 5.74) is 0.418. The van der Waals surface area contributed by atoms with Crippen LogP contribution >= 0.6 is 0 Å². The van der Waals surface area contributed by atoms with Crippen LogP contribution in [0.2, 0.25) is 0 Å². The molecular formula is C17H12F2N4O2. The lowest BCUT2D eigenvalue weighted by Crippen LogP contribution is -2.19. The second-order valence-electron chi connectivity index (χ2n) is 4.88. The Morgan fingerprint density at radius 3 is 2.24 bits per heavy atom. The monoisotopic (exact) mass is 342 g/mol. The Bertz CT molecular complexity index is 874. The van der Waals surface area contributed by atoms with Crippen LogP contribution in [0.1, 0.15) is 0 Å². The van der Waals surface area contributed by atoms with Gasteiger partial charge >= 0.3 is 12.0 Å². The predicted octanol–water partition coefficient (Wildman–Crippen LogP) is 4.19. The lowest BCUT2D eigenvalue weighted by Gasteiger charge is -2.08. The zero-order chi connectivity index (χ0) is 17.6.